The molecule has 2 heteroatoms. The van der Waals surface area contributed by atoms with Crippen LogP contribution in [-0.2, 0) is 0 Å². The fraction of sp³-hybridized carbons (Fsp3) is 1.00. The second-order valence-corrected chi connectivity index (χ2v) is 4.92. The third kappa shape index (κ3) is 3.04. The molecular formula is C9H19NS. The molecule has 1 aliphatic heterocycles. The molecule has 1 unspecified atom stereocenters. The minimum Gasteiger partial charge on any atom is -0.300 e. The summed E-state index contributed by atoms with van der Waals surface area (Å²) in [5, 5.41) is 0. The van der Waals surface area contributed by atoms with Gasteiger partial charge in [0.15, 0.2) is 0 Å². The zero-order valence-electron chi connectivity index (χ0n) is 7.84. The zero-order chi connectivity index (χ0) is 8.27. The first-order chi connectivity index (χ1) is 5.20. The highest BCUT2D eigenvalue weighted by Crippen LogP contribution is 2.16. The van der Waals surface area contributed by atoms with Crippen LogP contribution in [-0.4, -0.2) is 35.5 Å². The lowest BCUT2D eigenvalue weighted by molar-refractivity contribution is 0.215. The van der Waals surface area contributed by atoms with Crippen LogP contribution in [0.2, 0.25) is 0 Å². The van der Waals surface area contributed by atoms with Crippen molar-refractivity contribution in [3.05, 3.63) is 0 Å². The van der Waals surface area contributed by atoms with Crippen LogP contribution in [0.4, 0.5) is 0 Å². The SMILES string of the molecule is CC1CSCCN(C(C)C)C1. The van der Waals surface area contributed by atoms with Crippen LogP contribution in [0.5, 0.6) is 0 Å². The van der Waals surface area contributed by atoms with Crippen LogP contribution in [0, 0.1) is 5.92 Å². The average molecular weight is 173 g/mol. The number of hydrogen-bond acceptors (Lipinski definition) is 2. The normalized spacial score (nSPS) is 28.9. The van der Waals surface area contributed by atoms with Crippen LogP contribution in [0.25, 0.3) is 0 Å². The second kappa shape index (κ2) is 4.36. The van der Waals surface area contributed by atoms with E-state index in [4.69, 9.17) is 0 Å². The lowest BCUT2D eigenvalue weighted by atomic mass is 10.2. The van der Waals surface area contributed by atoms with Gasteiger partial charge < -0.3 is 0 Å². The maximum atomic E-state index is 2.59. The molecule has 1 saturated heterocycles. The predicted octanol–water partition coefficient (Wildman–Crippen LogP) is 2.08. The van der Waals surface area contributed by atoms with Crippen molar-refractivity contribution in [2.24, 2.45) is 5.92 Å². The summed E-state index contributed by atoms with van der Waals surface area (Å²) in [6.45, 7) is 9.52. The third-order valence-electron chi connectivity index (χ3n) is 2.20. The molecule has 1 atom stereocenters. The van der Waals surface area contributed by atoms with Crippen molar-refractivity contribution in [3.63, 3.8) is 0 Å². The molecule has 0 aromatic rings. The lowest BCUT2D eigenvalue weighted by Gasteiger charge is -2.25. The van der Waals surface area contributed by atoms with Gasteiger partial charge in [-0.2, -0.15) is 11.8 Å². The highest BCUT2D eigenvalue weighted by atomic mass is 32.2. The summed E-state index contributed by atoms with van der Waals surface area (Å²) < 4.78 is 0. The summed E-state index contributed by atoms with van der Waals surface area (Å²) >= 11 is 2.10. The average Bonchev–Trinajstić information content (AvgIpc) is 2.13. The smallest absolute Gasteiger partial charge is 0.00752 e. The molecule has 0 aliphatic carbocycles. The van der Waals surface area contributed by atoms with Crippen molar-refractivity contribution in [2.75, 3.05) is 24.6 Å². The van der Waals surface area contributed by atoms with Gasteiger partial charge in [0.2, 0.25) is 0 Å². The monoisotopic (exact) mass is 173 g/mol. The largest absolute Gasteiger partial charge is 0.300 e. The molecule has 1 rings (SSSR count). The van der Waals surface area contributed by atoms with E-state index in [2.05, 4.69) is 37.4 Å². The lowest BCUT2D eigenvalue weighted by Crippen LogP contribution is -2.35. The summed E-state index contributed by atoms with van der Waals surface area (Å²) in [6, 6.07) is 0.733. The van der Waals surface area contributed by atoms with Gasteiger partial charge in [0.1, 0.15) is 0 Å². The van der Waals surface area contributed by atoms with Crippen molar-refractivity contribution in [1.82, 2.24) is 4.90 Å². The van der Waals surface area contributed by atoms with Crippen LogP contribution < -0.4 is 0 Å². The Morgan fingerprint density at radius 3 is 2.82 bits per heavy atom. The van der Waals surface area contributed by atoms with Crippen molar-refractivity contribution in [2.45, 2.75) is 26.8 Å². The summed E-state index contributed by atoms with van der Waals surface area (Å²) in [7, 11) is 0. The second-order valence-electron chi connectivity index (χ2n) is 3.77. The molecule has 66 valence electrons. The van der Waals surface area contributed by atoms with Gasteiger partial charge in [-0.3, -0.25) is 4.90 Å². The van der Waals surface area contributed by atoms with Gasteiger partial charge in [0.25, 0.3) is 0 Å². The van der Waals surface area contributed by atoms with Gasteiger partial charge in [-0.25, -0.2) is 0 Å². The van der Waals surface area contributed by atoms with Crippen LogP contribution >= 0.6 is 11.8 Å². The van der Waals surface area contributed by atoms with Crippen LogP contribution in [0.1, 0.15) is 20.8 Å². The van der Waals surface area contributed by atoms with E-state index in [0.717, 1.165) is 12.0 Å². The number of nitrogens with zero attached hydrogens (tertiary/aromatic N) is 1. The molecule has 0 saturated carbocycles. The highest BCUT2D eigenvalue weighted by Gasteiger charge is 2.16. The number of thioether (sulfide) groups is 1. The molecule has 0 bridgehead atoms. The molecular weight excluding hydrogens is 154 g/mol. The molecule has 1 aliphatic rings. The molecule has 1 fully saturated rings. The standard InChI is InChI=1S/C9H19NS/c1-8(2)10-4-5-11-7-9(3)6-10/h8-9H,4-7H2,1-3H3. The molecule has 0 radical (unpaired) electrons. The minimum atomic E-state index is 0.733. The van der Waals surface area contributed by atoms with E-state index in [9.17, 15) is 0 Å². The zero-order valence-corrected chi connectivity index (χ0v) is 8.66. The van der Waals surface area contributed by atoms with E-state index in [-0.39, 0.29) is 0 Å². The summed E-state index contributed by atoms with van der Waals surface area (Å²) in [4.78, 5) is 2.59. The molecule has 0 amide bonds. The van der Waals surface area contributed by atoms with Gasteiger partial charge in [0.05, 0.1) is 0 Å². The fourth-order valence-corrected chi connectivity index (χ4v) is 2.52. The van der Waals surface area contributed by atoms with Crippen LogP contribution in [0.15, 0.2) is 0 Å². The Morgan fingerprint density at radius 2 is 2.18 bits per heavy atom. The molecule has 0 spiro atoms. The molecule has 11 heavy (non-hydrogen) atoms. The molecule has 0 N–H and O–H groups in total. The van der Waals surface area contributed by atoms with E-state index in [1.165, 1.54) is 24.6 Å². The maximum Gasteiger partial charge on any atom is 0.00752 e. The van der Waals surface area contributed by atoms with E-state index in [1.54, 1.807) is 0 Å². The van der Waals surface area contributed by atoms with Crippen molar-refractivity contribution in [3.8, 4) is 0 Å². The van der Waals surface area contributed by atoms with Crippen molar-refractivity contribution in [1.29, 1.82) is 0 Å². The number of rotatable bonds is 1. The first-order valence-electron chi connectivity index (χ1n) is 4.52. The van der Waals surface area contributed by atoms with Gasteiger partial charge in [0, 0.05) is 24.9 Å². The topological polar surface area (TPSA) is 3.24 Å². The fourth-order valence-electron chi connectivity index (χ4n) is 1.48. The first kappa shape index (κ1) is 9.40. The Morgan fingerprint density at radius 1 is 1.45 bits per heavy atom. The van der Waals surface area contributed by atoms with Gasteiger partial charge >= 0.3 is 0 Å². The van der Waals surface area contributed by atoms with Gasteiger partial charge in [-0.1, -0.05) is 6.92 Å². The quantitative estimate of drug-likeness (QED) is 0.597. The Bertz CT molecular complexity index is 114. The van der Waals surface area contributed by atoms with Crippen molar-refractivity contribution < 1.29 is 0 Å². The van der Waals surface area contributed by atoms with Crippen molar-refractivity contribution >= 4 is 11.8 Å². The highest BCUT2D eigenvalue weighted by molar-refractivity contribution is 7.99. The first-order valence-corrected chi connectivity index (χ1v) is 5.67. The summed E-state index contributed by atoms with van der Waals surface area (Å²) in [5.41, 5.74) is 0. The van der Waals surface area contributed by atoms with E-state index >= 15 is 0 Å². The summed E-state index contributed by atoms with van der Waals surface area (Å²) in [6.07, 6.45) is 0. The van der Waals surface area contributed by atoms with E-state index < -0.39 is 0 Å². The third-order valence-corrected chi connectivity index (χ3v) is 3.48. The van der Waals surface area contributed by atoms with Crippen LogP contribution in [0.3, 0.4) is 0 Å². The Labute approximate surface area is 74.5 Å². The molecule has 1 heterocycles. The van der Waals surface area contributed by atoms with Gasteiger partial charge in [-0.15, -0.1) is 0 Å². The molecule has 0 aromatic carbocycles. The molecule has 1 nitrogen and oxygen atoms in total. The summed E-state index contributed by atoms with van der Waals surface area (Å²) in [5.74, 6) is 3.55. The predicted molar refractivity (Wildman–Crippen MR) is 53.2 cm³/mol. The number of hydrogen-bond donors (Lipinski definition) is 0. The van der Waals surface area contributed by atoms with E-state index in [0.29, 0.717) is 0 Å². The Hall–Kier alpha value is 0.310. The van der Waals surface area contributed by atoms with E-state index in [1.807, 2.05) is 0 Å². The minimum absolute atomic E-state index is 0.733. The Kier molecular flexibility index (Phi) is 3.73. The van der Waals surface area contributed by atoms with Gasteiger partial charge in [-0.05, 0) is 25.5 Å². The Balaban J connectivity index is 2.39. The maximum absolute atomic E-state index is 2.59. The molecule has 0 aromatic heterocycles.